The lowest BCUT2D eigenvalue weighted by atomic mass is 10.2. The predicted octanol–water partition coefficient (Wildman–Crippen LogP) is 2.48. The second-order valence-electron chi connectivity index (χ2n) is 6.14. The lowest BCUT2D eigenvalue weighted by Crippen LogP contribution is -2.35. The Hall–Kier alpha value is -2.42. The van der Waals surface area contributed by atoms with Gasteiger partial charge in [0, 0.05) is 4.47 Å². The highest BCUT2D eigenvalue weighted by Gasteiger charge is 2.26. The summed E-state index contributed by atoms with van der Waals surface area (Å²) in [6, 6.07) is 5.06. The van der Waals surface area contributed by atoms with Crippen LogP contribution in [0, 0.1) is 0 Å². The minimum atomic E-state index is -0.751. The van der Waals surface area contributed by atoms with Crippen molar-refractivity contribution >= 4 is 44.9 Å². The van der Waals surface area contributed by atoms with E-state index in [9.17, 15) is 14.4 Å². The number of rotatable bonds is 3. The van der Waals surface area contributed by atoms with Crippen LogP contribution in [0.25, 0.3) is 11.0 Å². The van der Waals surface area contributed by atoms with Crippen molar-refractivity contribution in [2.75, 3.05) is 13.7 Å². The van der Waals surface area contributed by atoms with Gasteiger partial charge < -0.3 is 14.8 Å². The second-order valence-corrected chi connectivity index (χ2v) is 7.06. The number of nitrogens with zero attached hydrogens (tertiary/aromatic N) is 2. The molecule has 0 aliphatic carbocycles. The number of amides is 1. The quantitative estimate of drug-likeness (QED) is 0.778. The van der Waals surface area contributed by atoms with Gasteiger partial charge in [-0.3, -0.25) is 9.59 Å². The molecular formula is C16H18BrN3O5. The van der Waals surface area contributed by atoms with Crippen LogP contribution in [0.5, 0.6) is 0 Å². The molecule has 0 aliphatic heterocycles. The third-order valence-electron chi connectivity index (χ3n) is 3.02. The molecule has 1 aromatic carbocycles. The molecule has 1 aromatic heterocycles. The normalized spacial score (nSPS) is 11.2. The molecule has 0 radical (unpaired) electrons. The Balaban J connectivity index is 2.48. The molecule has 0 saturated heterocycles. The van der Waals surface area contributed by atoms with E-state index in [1.54, 1.807) is 39.0 Å². The number of esters is 1. The van der Waals surface area contributed by atoms with Crippen molar-refractivity contribution in [1.29, 1.82) is 0 Å². The zero-order valence-electron chi connectivity index (χ0n) is 14.3. The molecule has 0 fully saturated rings. The van der Waals surface area contributed by atoms with Crippen LogP contribution in [0.3, 0.4) is 0 Å². The van der Waals surface area contributed by atoms with Crippen LogP contribution < -0.4 is 5.32 Å². The van der Waals surface area contributed by atoms with Crippen LogP contribution in [0.15, 0.2) is 22.7 Å². The summed E-state index contributed by atoms with van der Waals surface area (Å²) in [5, 5.41) is 2.37. The zero-order chi connectivity index (χ0) is 18.8. The average molecular weight is 412 g/mol. The molecule has 1 N–H and O–H groups in total. The third kappa shape index (κ3) is 4.56. The Morgan fingerprint density at radius 3 is 2.56 bits per heavy atom. The van der Waals surface area contributed by atoms with Crippen molar-refractivity contribution in [2.45, 2.75) is 26.4 Å². The number of hydrogen-bond donors (Lipinski definition) is 1. The highest BCUT2D eigenvalue weighted by Crippen LogP contribution is 2.22. The van der Waals surface area contributed by atoms with Crippen molar-refractivity contribution in [1.82, 2.24) is 14.9 Å². The number of fused-ring (bicyclic) bond motifs is 1. The van der Waals surface area contributed by atoms with Crippen LogP contribution in [0.4, 0.5) is 4.79 Å². The predicted molar refractivity (Wildman–Crippen MR) is 93.4 cm³/mol. The molecule has 2 rings (SSSR count). The zero-order valence-corrected chi connectivity index (χ0v) is 15.8. The van der Waals surface area contributed by atoms with Crippen molar-refractivity contribution in [2.24, 2.45) is 0 Å². The molecule has 1 heterocycles. The number of halogens is 1. The van der Waals surface area contributed by atoms with Gasteiger partial charge in [-0.15, -0.1) is 0 Å². The van der Waals surface area contributed by atoms with Crippen LogP contribution in [0.2, 0.25) is 0 Å². The number of benzene rings is 1. The van der Waals surface area contributed by atoms with Gasteiger partial charge in [-0.1, -0.05) is 15.9 Å². The molecule has 0 atom stereocenters. The van der Waals surface area contributed by atoms with E-state index in [1.165, 1.54) is 7.11 Å². The van der Waals surface area contributed by atoms with E-state index in [4.69, 9.17) is 4.74 Å². The first kappa shape index (κ1) is 18.9. The summed E-state index contributed by atoms with van der Waals surface area (Å²) in [5.74, 6) is -1.48. The first-order valence-corrected chi connectivity index (χ1v) is 8.18. The summed E-state index contributed by atoms with van der Waals surface area (Å²) in [6.45, 7) is 4.82. The van der Waals surface area contributed by atoms with Gasteiger partial charge in [0.25, 0.3) is 5.91 Å². The largest absolute Gasteiger partial charge is 0.468 e. The van der Waals surface area contributed by atoms with Gasteiger partial charge in [-0.2, -0.15) is 0 Å². The smallest absolute Gasteiger partial charge is 0.420 e. The van der Waals surface area contributed by atoms with E-state index < -0.39 is 23.6 Å². The van der Waals surface area contributed by atoms with Gasteiger partial charge in [0.1, 0.15) is 12.1 Å². The fraction of sp³-hybridized carbons (Fsp3) is 0.375. The molecule has 0 spiro atoms. The van der Waals surface area contributed by atoms with E-state index in [-0.39, 0.29) is 12.4 Å². The summed E-state index contributed by atoms with van der Waals surface area (Å²) in [5.41, 5.74) is 0.100. The molecule has 2 aromatic rings. The van der Waals surface area contributed by atoms with Gasteiger partial charge in [0.15, 0.2) is 0 Å². The average Bonchev–Trinajstić information content (AvgIpc) is 2.89. The number of carbonyl (C=O) groups is 3. The Morgan fingerprint density at radius 2 is 1.96 bits per heavy atom. The van der Waals surface area contributed by atoms with Crippen LogP contribution in [0.1, 0.15) is 31.4 Å². The highest BCUT2D eigenvalue weighted by molar-refractivity contribution is 9.10. The summed E-state index contributed by atoms with van der Waals surface area (Å²) in [7, 11) is 1.21. The van der Waals surface area contributed by atoms with Crippen molar-refractivity contribution in [3.05, 3.63) is 28.5 Å². The SMILES string of the molecule is COC(=O)CNC(=O)c1nc2ccc(Br)cc2n1C(=O)OC(C)(C)C. The first-order chi connectivity index (χ1) is 11.6. The molecule has 0 aliphatic rings. The fourth-order valence-electron chi connectivity index (χ4n) is 2.00. The van der Waals surface area contributed by atoms with E-state index in [1.807, 2.05) is 0 Å². The maximum Gasteiger partial charge on any atom is 0.420 e. The number of imidazole rings is 1. The standard InChI is InChI=1S/C16H18BrN3O5/c1-16(2,3)25-15(23)20-11-7-9(17)5-6-10(11)19-13(20)14(22)18-8-12(21)24-4/h5-7H,8H2,1-4H3,(H,18,22). The molecule has 0 bridgehead atoms. The number of methoxy groups -OCH3 is 1. The summed E-state index contributed by atoms with van der Waals surface area (Å²) in [4.78, 5) is 40.4. The maximum atomic E-state index is 12.6. The van der Waals surface area contributed by atoms with E-state index in [0.717, 1.165) is 4.57 Å². The summed E-state index contributed by atoms with van der Waals surface area (Å²) >= 11 is 3.33. The Morgan fingerprint density at radius 1 is 1.28 bits per heavy atom. The Bertz CT molecular complexity index is 838. The first-order valence-electron chi connectivity index (χ1n) is 7.39. The lowest BCUT2D eigenvalue weighted by Gasteiger charge is -2.20. The second kappa shape index (κ2) is 7.22. The monoisotopic (exact) mass is 411 g/mol. The molecular weight excluding hydrogens is 394 g/mol. The van der Waals surface area contributed by atoms with Crippen LogP contribution in [-0.4, -0.2) is 46.8 Å². The summed E-state index contributed by atoms with van der Waals surface area (Å²) in [6.07, 6.45) is -0.740. The highest BCUT2D eigenvalue weighted by atomic mass is 79.9. The number of carbonyl (C=O) groups excluding carboxylic acids is 3. The molecule has 1 amide bonds. The van der Waals surface area contributed by atoms with Gasteiger partial charge >= 0.3 is 12.1 Å². The fourth-order valence-corrected chi connectivity index (χ4v) is 2.35. The Kier molecular flexibility index (Phi) is 5.46. The topological polar surface area (TPSA) is 99.5 Å². The number of ether oxygens (including phenoxy) is 2. The molecule has 134 valence electrons. The maximum absolute atomic E-state index is 12.6. The molecule has 8 nitrogen and oxygen atoms in total. The van der Waals surface area contributed by atoms with Crippen molar-refractivity contribution in [3.8, 4) is 0 Å². The van der Waals surface area contributed by atoms with Gasteiger partial charge in [-0.05, 0) is 39.0 Å². The number of aromatic nitrogens is 2. The van der Waals surface area contributed by atoms with Gasteiger partial charge in [0.05, 0.1) is 18.1 Å². The minimum absolute atomic E-state index is 0.175. The van der Waals surface area contributed by atoms with Crippen LogP contribution >= 0.6 is 15.9 Å². The van der Waals surface area contributed by atoms with Crippen molar-refractivity contribution in [3.63, 3.8) is 0 Å². The summed E-state index contributed by atoms with van der Waals surface area (Å²) < 4.78 is 11.6. The van der Waals surface area contributed by atoms with E-state index in [0.29, 0.717) is 15.5 Å². The van der Waals surface area contributed by atoms with Gasteiger partial charge in [-0.25, -0.2) is 14.3 Å². The van der Waals surface area contributed by atoms with E-state index >= 15 is 0 Å². The van der Waals surface area contributed by atoms with E-state index in [2.05, 4.69) is 31.0 Å². The molecule has 0 saturated carbocycles. The number of hydrogen-bond acceptors (Lipinski definition) is 6. The molecule has 0 unspecified atom stereocenters. The van der Waals surface area contributed by atoms with Crippen LogP contribution in [-0.2, 0) is 14.3 Å². The lowest BCUT2D eigenvalue weighted by molar-refractivity contribution is -0.139. The van der Waals surface area contributed by atoms with Gasteiger partial charge in [0.2, 0.25) is 5.82 Å². The molecule has 25 heavy (non-hydrogen) atoms. The molecule has 9 heteroatoms. The number of nitrogens with one attached hydrogen (secondary N) is 1. The minimum Gasteiger partial charge on any atom is -0.468 e. The Labute approximate surface area is 152 Å². The third-order valence-corrected chi connectivity index (χ3v) is 3.51. The van der Waals surface area contributed by atoms with Crippen molar-refractivity contribution < 1.29 is 23.9 Å².